The van der Waals surface area contributed by atoms with Crippen LogP contribution in [0.2, 0.25) is 0 Å². The van der Waals surface area contributed by atoms with Crippen molar-refractivity contribution in [2.45, 2.75) is 40.0 Å². The summed E-state index contributed by atoms with van der Waals surface area (Å²) in [5.74, 6) is 2.49. The van der Waals surface area contributed by atoms with Crippen molar-refractivity contribution < 1.29 is 4.52 Å². The highest BCUT2D eigenvalue weighted by Gasteiger charge is 2.10. The van der Waals surface area contributed by atoms with Crippen molar-refractivity contribution in [3.8, 4) is 0 Å². The van der Waals surface area contributed by atoms with Gasteiger partial charge in [-0.25, -0.2) is 0 Å². The maximum absolute atomic E-state index is 5.07. The zero-order valence-corrected chi connectivity index (χ0v) is 8.16. The van der Waals surface area contributed by atoms with Crippen LogP contribution in [-0.2, 0) is 6.42 Å². The molecule has 1 heterocycles. The Morgan fingerprint density at radius 3 is 2.33 bits per heavy atom. The minimum Gasteiger partial charge on any atom is -0.339 e. The van der Waals surface area contributed by atoms with Crippen molar-refractivity contribution in [3.63, 3.8) is 0 Å². The molecule has 0 atom stereocenters. The van der Waals surface area contributed by atoms with Crippen LogP contribution in [0.4, 0.5) is 0 Å². The predicted octanol–water partition coefficient (Wildman–Crippen LogP) is 2.39. The molecule has 0 spiro atoms. The van der Waals surface area contributed by atoms with Gasteiger partial charge < -0.3 is 4.52 Å². The van der Waals surface area contributed by atoms with Crippen LogP contribution in [0.3, 0.4) is 0 Å². The van der Waals surface area contributed by atoms with Crippen LogP contribution in [-0.4, -0.2) is 10.1 Å². The first-order valence-corrected chi connectivity index (χ1v) is 4.42. The van der Waals surface area contributed by atoms with Crippen LogP contribution in [0.15, 0.2) is 4.52 Å². The molecule has 0 bridgehead atoms. The molecule has 0 amide bonds. The Kier molecular flexibility index (Phi) is 2.84. The molecule has 0 radical (unpaired) electrons. The average Bonchev–Trinajstić information content (AvgIpc) is 2.34. The Balaban J connectivity index is 2.64. The van der Waals surface area contributed by atoms with Crippen molar-refractivity contribution in [1.29, 1.82) is 0 Å². The third-order valence-electron chi connectivity index (χ3n) is 1.57. The van der Waals surface area contributed by atoms with Crippen molar-refractivity contribution in [2.24, 2.45) is 5.92 Å². The molecule has 12 heavy (non-hydrogen) atoms. The van der Waals surface area contributed by atoms with E-state index in [2.05, 4.69) is 24.0 Å². The van der Waals surface area contributed by atoms with Crippen LogP contribution in [0.5, 0.6) is 0 Å². The Morgan fingerprint density at radius 2 is 1.92 bits per heavy atom. The monoisotopic (exact) mass is 168 g/mol. The van der Waals surface area contributed by atoms with Crippen LogP contribution in [0, 0.1) is 5.92 Å². The average molecular weight is 168 g/mol. The molecule has 68 valence electrons. The number of hydrogen-bond donors (Lipinski definition) is 0. The molecule has 0 aliphatic carbocycles. The minimum atomic E-state index is 0.332. The Hall–Kier alpha value is -0.860. The molecular formula is C9H16N2O. The highest BCUT2D eigenvalue weighted by molar-refractivity contribution is 4.91. The van der Waals surface area contributed by atoms with Crippen LogP contribution in [0.1, 0.15) is 45.3 Å². The molecule has 0 saturated carbocycles. The lowest BCUT2D eigenvalue weighted by Gasteiger charge is -1.96. The summed E-state index contributed by atoms with van der Waals surface area (Å²) in [5, 5.41) is 3.89. The summed E-state index contributed by atoms with van der Waals surface area (Å²) in [6, 6.07) is 0. The normalized spacial score (nSPS) is 11.5. The molecule has 0 saturated heterocycles. The fourth-order valence-corrected chi connectivity index (χ4v) is 0.950. The van der Waals surface area contributed by atoms with Gasteiger partial charge in [0, 0.05) is 12.3 Å². The van der Waals surface area contributed by atoms with Gasteiger partial charge >= 0.3 is 0 Å². The van der Waals surface area contributed by atoms with E-state index in [1.54, 1.807) is 0 Å². The molecule has 1 aromatic rings. The van der Waals surface area contributed by atoms with Gasteiger partial charge in [-0.1, -0.05) is 32.9 Å². The summed E-state index contributed by atoms with van der Waals surface area (Å²) in [6.45, 7) is 8.39. The molecule has 0 N–H and O–H groups in total. The van der Waals surface area contributed by atoms with Crippen molar-refractivity contribution >= 4 is 0 Å². The summed E-state index contributed by atoms with van der Waals surface area (Å²) in [4.78, 5) is 4.27. The first-order chi connectivity index (χ1) is 5.59. The van der Waals surface area contributed by atoms with E-state index in [9.17, 15) is 0 Å². The third kappa shape index (κ3) is 2.32. The van der Waals surface area contributed by atoms with E-state index in [4.69, 9.17) is 4.52 Å². The fraction of sp³-hybridized carbons (Fsp3) is 0.778. The highest BCUT2D eigenvalue weighted by Crippen LogP contribution is 2.12. The van der Waals surface area contributed by atoms with Gasteiger partial charge in [0.1, 0.15) is 0 Å². The lowest BCUT2D eigenvalue weighted by Crippen LogP contribution is -1.96. The minimum absolute atomic E-state index is 0.332. The summed E-state index contributed by atoms with van der Waals surface area (Å²) < 4.78 is 5.07. The maximum Gasteiger partial charge on any atom is 0.229 e. The van der Waals surface area contributed by atoms with E-state index in [1.165, 1.54) is 0 Å². The van der Waals surface area contributed by atoms with E-state index in [0.717, 1.165) is 18.1 Å². The quantitative estimate of drug-likeness (QED) is 0.695. The summed E-state index contributed by atoms with van der Waals surface area (Å²) in [6.07, 6.45) is 0.899. The molecule has 1 aromatic heterocycles. The second-order valence-corrected chi connectivity index (χ2v) is 3.80. The van der Waals surface area contributed by atoms with Crippen LogP contribution in [0.25, 0.3) is 0 Å². The summed E-state index contributed by atoms with van der Waals surface area (Å²) in [7, 11) is 0. The maximum atomic E-state index is 5.07. The first-order valence-electron chi connectivity index (χ1n) is 4.42. The molecule has 0 unspecified atom stereocenters. The standard InChI is InChI=1S/C9H16N2O/c1-6(2)5-8-10-9(7(3)4)12-11-8/h6-7H,5H2,1-4H3. The fourth-order valence-electron chi connectivity index (χ4n) is 0.950. The molecule has 0 aliphatic rings. The van der Waals surface area contributed by atoms with E-state index < -0.39 is 0 Å². The number of hydrogen-bond acceptors (Lipinski definition) is 3. The van der Waals surface area contributed by atoms with Crippen LogP contribution < -0.4 is 0 Å². The van der Waals surface area contributed by atoms with E-state index in [-0.39, 0.29) is 0 Å². The lowest BCUT2D eigenvalue weighted by molar-refractivity contribution is 0.359. The van der Waals surface area contributed by atoms with Gasteiger partial charge in [0.2, 0.25) is 5.89 Å². The summed E-state index contributed by atoms with van der Waals surface area (Å²) in [5.41, 5.74) is 0. The van der Waals surface area contributed by atoms with Gasteiger partial charge in [0.25, 0.3) is 0 Å². The molecule has 0 aromatic carbocycles. The largest absolute Gasteiger partial charge is 0.339 e. The molecule has 3 heteroatoms. The second kappa shape index (κ2) is 3.70. The number of aromatic nitrogens is 2. The third-order valence-corrected chi connectivity index (χ3v) is 1.57. The van der Waals surface area contributed by atoms with Gasteiger partial charge in [-0.15, -0.1) is 0 Å². The van der Waals surface area contributed by atoms with Gasteiger partial charge in [-0.05, 0) is 5.92 Å². The molecule has 3 nitrogen and oxygen atoms in total. The van der Waals surface area contributed by atoms with E-state index in [1.807, 2.05) is 13.8 Å². The summed E-state index contributed by atoms with van der Waals surface area (Å²) >= 11 is 0. The number of nitrogens with zero attached hydrogens (tertiary/aromatic N) is 2. The Labute approximate surface area is 73.2 Å². The van der Waals surface area contributed by atoms with E-state index in [0.29, 0.717) is 11.8 Å². The first kappa shape index (κ1) is 9.23. The van der Waals surface area contributed by atoms with E-state index >= 15 is 0 Å². The smallest absolute Gasteiger partial charge is 0.229 e. The Bertz CT molecular complexity index is 240. The van der Waals surface area contributed by atoms with Crippen molar-refractivity contribution in [1.82, 2.24) is 10.1 Å². The molecule has 0 aliphatic heterocycles. The van der Waals surface area contributed by atoms with Gasteiger partial charge in [0.05, 0.1) is 0 Å². The van der Waals surface area contributed by atoms with Gasteiger partial charge in [-0.2, -0.15) is 4.98 Å². The second-order valence-electron chi connectivity index (χ2n) is 3.80. The van der Waals surface area contributed by atoms with Gasteiger partial charge in [0.15, 0.2) is 5.82 Å². The predicted molar refractivity (Wildman–Crippen MR) is 46.9 cm³/mol. The Morgan fingerprint density at radius 1 is 1.25 bits per heavy atom. The zero-order valence-electron chi connectivity index (χ0n) is 8.16. The van der Waals surface area contributed by atoms with Crippen LogP contribution >= 0.6 is 0 Å². The zero-order chi connectivity index (χ0) is 9.14. The molecular weight excluding hydrogens is 152 g/mol. The SMILES string of the molecule is CC(C)Cc1noc(C(C)C)n1. The topological polar surface area (TPSA) is 38.9 Å². The molecule has 0 fully saturated rings. The lowest BCUT2D eigenvalue weighted by atomic mass is 10.1. The number of rotatable bonds is 3. The highest BCUT2D eigenvalue weighted by atomic mass is 16.5. The van der Waals surface area contributed by atoms with Gasteiger partial charge in [-0.3, -0.25) is 0 Å². The van der Waals surface area contributed by atoms with Crippen molar-refractivity contribution in [2.75, 3.05) is 0 Å². The van der Waals surface area contributed by atoms with Crippen molar-refractivity contribution in [3.05, 3.63) is 11.7 Å². The molecule has 1 rings (SSSR count).